The molecule has 202 valence electrons. The second-order valence-corrected chi connectivity index (χ2v) is 11.1. The molecule has 4 rings (SSSR count). The number of rotatable bonds is 9. The molecule has 0 saturated heterocycles. The van der Waals surface area contributed by atoms with Gasteiger partial charge in [0.1, 0.15) is 5.70 Å². The average Bonchev–Trinajstić information content (AvgIpc) is 2.94. The van der Waals surface area contributed by atoms with E-state index in [2.05, 4.69) is 31.9 Å². The molecule has 0 heterocycles. The van der Waals surface area contributed by atoms with Crippen molar-refractivity contribution in [3.05, 3.63) is 128 Å². The smallest absolute Gasteiger partial charge is 0.272 e. The quantitative estimate of drug-likeness (QED) is 0.127. The Bertz CT molecular complexity index is 1580. The van der Waals surface area contributed by atoms with Crippen molar-refractivity contribution in [3.63, 3.8) is 0 Å². The Kier molecular flexibility index (Phi) is 10.4. The fraction of sp³-hybridized carbons (Fsp3) is 0.0333. The number of thioether (sulfide) groups is 1. The zero-order chi connectivity index (χ0) is 28.5. The van der Waals surface area contributed by atoms with Gasteiger partial charge in [0, 0.05) is 30.7 Å². The Balaban J connectivity index is 1.48. The maximum atomic E-state index is 13.3. The topological polar surface area (TPSA) is 87.3 Å². The van der Waals surface area contributed by atoms with E-state index >= 15 is 0 Å². The van der Waals surface area contributed by atoms with Gasteiger partial charge >= 0.3 is 0 Å². The second-order valence-electron chi connectivity index (χ2n) is 8.34. The van der Waals surface area contributed by atoms with E-state index in [1.165, 1.54) is 17.8 Å². The normalized spacial score (nSPS) is 11.0. The van der Waals surface area contributed by atoms with Crippen LogP contribution in [0.5, 0.6) is 0 Å². The number of halogens is 3. The van der Waals surface area contributed by atoms with Crippen molar-refractivity contribution in [2.45, 2.75) is 4.90 Å². The Morgan fingerprint density at radius 3 is 2.33 bits per heavy atom. The van der Waals surface area contributed by atoms with Crippen molar-refractivity contribution in [2.75, 3.05) is 16.4 Å². The van der Waals surface area contributed by atoms with Gasteiger partial charge in [0.2, 0.25) is 5.91 Å². The van der Waals surface area contributed by atoms with Crippen LogP contribution in [-0.4, -0.2) is 23.5 Å². The van der Waals surface area contributed by atoms with Crippen LogP contribution in [0.4, 0.5) is 11.4 Å². The van der Waals surface area contributed by atoms with Crippen molar-refractivity contribution in [1.82, 2.24) is 5.32 Å². The lowest BCUT2D eigenvalue weighted by Gasteiger charge is -2.13. The van der Waals surface area contributed by atoms with Gasteiger partial charge in [0.15, 0.2) is 0 Å². The summed E-state index contributed by atoms with van der Waals surface area (Å²) < 4.78 is 0.793. The molecule has 0 unspecified atom stereocenters. The van der Waals surface area contributed by atoms with Gasteiger partial charge in [-0.2, -0.15) is 0 Å². The molecule has 0 aliphatic carbocycles. The molecule has 0 radical (unpaired) electrons. The summed E-state index contributed by atoms with van der Waals surface area (Å²) in [7, 11) is 0. The van der Waals surface area contributed by atoms with Gasteiger partial charge in [0.05, 0.1) is 11.4 Å². The number of hydrogen-bond donors (Lipinski definition) is 3. The molecule has 0 spiro atoms. The van der Waals surface area contributed by atoms with Crippen LogP contribution >= 0.6 is 50.9 Å². The van der Waals surface area contributed by atoms with Crippen LogP contribution in [0.2, 0.25) is 10.0 Å². The van der Waals surface area contributed by atoms with Crippen LogP contribution in [0.3, 0.4) is 0 Å². The van der Waals surface area contributed by atoms with E-state index in [0.29, 0.717) is 32.5 Å². The highest BCUT2D eigenvalue weighted by Gasteiger charge is 2.16. The minimum absolute atomic E-state index is 0.0102. The van der Waals surface area contributed by atoms with E-state index in [0.717, 1.165) is 9.37 Å². The van der Waals surface area contributed by atoms with Gasteiger partial charge in [0.25, 0.3) is 11.8 Å². The summed E-state index contributed by atoms with van der Waals surface area (Å²) in [6.45, 7) is 0. The van der Waals surface area contributed by atoms with Gasteiger partial charge in [-0.1, -0.05) is 65.7 Å². The SMILES string of the molecule is O=C(CSc1cccc(NC(=O)/C(=C\c2ccc(Cl)cc2Cl)NC(=O)c2ccccc2)c1)Nc1ccccc1Br. The molecular formula is C30H22BrCl2N3O3S. The first-order chi connectivity index (χ1) is 19.3. The third-order valence-corrected chi connectivity index (χ3v) is 7.65. The zero-order valence-electron chi connectivity index (χ0n) is 20.8. The molecule has 6 nitrogen and oxygen atoms in total. The van der Waals surface area contributed by atoms with Crippen molar-refractivity contribution in [1.29, 1.82) is 0 Å². The number of nitrogens with one attached hydrogen (secondary N) is 3. The number of hydrogen-bond acceptors (Lipinski definition) is 4. The minimum atomic E-state index is -0.552. The molecular weight excluding hydrogens is 633 g/mol. The molecule has 0 atom stereocenters. The second kappa shape index (κ2) is 14.2. The highest BCUT2D eigenvalue weighted by molar-refractivity contribution is 9.10. The molecule has 0 aliphatic heterocycles. The molecule has 0 aliphatic rings. The standard InChI is InChI=1S/C30H22BrCl2N3O3S/c31-24-11-4-5-12-26(24)35-28(37)18-40-23-10-6-9-22(17-23)34-30(39)27(15-20-13-14-21(32)16-25(20)33)36-29(38)19-7-2-1-3-8-19/h1-17H,18H2,(H,34,39)(H,35,37)(H,36,38)/b27-15+. The van der Waals surface area contributed by atoms with Crippen LogP contribution in [0.15, 0.2) is 112 Å². The van der Waals surface area contributed by atoms with Gasteiger partial charge < -0.3 is 16.0 Å². The molecule has 0 bridgehead atoms. The zero-order valence-corrected chi connectivity index (χ0v) is 24.7. The Labute approximate surface area is 254 Å². The molecule has 10 heteroatoms. The molecule has 0 aromatic heterocycles. The highest BCUT2D eigenvalue weighted by atomic mass is 79.9. The van der Waals surface area contributed by atoms with Crippen LogP contribution in [0.25, 0.3) is 6.08 Å². The fourth-order valence-corrected chi connectivity index (χ4v) is 5.08. The molecule has 3 N–H and O–H groups in total. The maximum absolute atomic E-state index is 13.3. The summed E-state index contributed by atoms with van der Waals surface area (Å²) in [5.41, 5.74) is 2.06. The first kappa shape index (κ1) is 29.4. The fourth-order valence-electron chi connectivity index (χ4n) is 3.48. The number of amides is 3. The predicted molar refractivity (Wildman–Crippen MR) is 167 cm³/mol. The maximum Gasteiger partial charge on any atom is 0.272 e. The molecule has 3 amide bonds. The third-order valence-electron chi connectivity index (χ3n) is 5.40. The van der Waals surface area contributed by atoms with E-state index in [-0.39, 0.29) is 17.4 Å². The summed E-state index contributed by atoms with van der Waals surface area (Å²) in [6.07, 6.45) is 1.49. The highest BCUT2D eigenvalue weighted by Crippen LogP contribution is 2.26. The van der Waals surface area contributed by atoms with E-state index in [4.69, 9.17) is 23.2 Å². The summed E-state index contributed by atoms with van der Waals surface area (Å²) in [5.74, 6) is -0.997. The number of anilines is 2. The largest absolute Gasteiger partial charge is 0.324 e. The number of benzene rings is 4. The van der Waals surface area contributed by atoms with Gasteiger partial charge in [-0.3, -0.25) is 14.4 Å². The summed E-state index contributed by atoms with van der Waals surface area (Å²) in [6, 6.07) is 27.8. The molecule has 0 fully saturated rings. The summed E-state index contributed by atoms with van der Waals surface area (Å²) in [5, 5.41) is 9.13. The lowest BCUT2D eigenvalue weighted by atomic mass is 10.1. The van der Waals surface area contributed by atoms with E-state index in [1.54, 1.807) is 66.7 Å². The van der Waals surface area contributed by atoms with Crippen molar-refractivity contribution in [2.24, 2.45) is 0 Å². The van der Waals surface area contributed by atoms with Gasteiger partial charge in [-0.05, 0) is 82.2 Å². The van der Waals surface area contributed by atoms with Crippen LogP contribution in [-0.2, 0) is 9.59 Å². The Morgan fingerprint density at radius 2 is 1.57 bits per heavy atom. The van der Waals surface area contributed by atoms with E-state index < -0.39 is 11.8 Å². The first-order valence-corrected chi connectivity index (χ1v) is 14.4. The molecule has 4 aromatic rings. The Morgan fingerprint density at radius 1 is 0.825 bits per heavy atom. The molecule has 40 heavy (non-hydrogen) atoms. The van der Waals surface area contributed by atoms with Crippen molar-refractivity contribution in [3.8, 4) is 0 Å². The monoisotopic (exact) mass is 653 g/mol. The molecule has 4 aromatic carbocycles. The molecule has 0 saturated carbocycles. The first-order valence-electron chi connectivity index (χ1n) is 11.9. The van der Waals surface area contributed by atoms with Crippen LogP contribution < -0.4 is 16.0 Å². The van der Waals surface area contributed by atoms with Crippen molar-refractivity contribution >= 4 is 86.1 Å². The summed E-state index contributed by atoms with van der Waals surface area (Å²) >= 11 is 17.1. The number of carbonyl (C=O) groups excluding carboxylic acids is 3. The van der Waals surface area contributed by atoms with Crippen LogP contribution in [0, 0.1) is 0 Å². The summed E-state index contributed by atoms with van der Waals surface area (Å²) in [4.78, 5) is 39.4. The van der Waals surface area contributed by atoms with E-state index in [9.17, 15) is 14.4 Å². The lowest BCUT2D eigenvalue weighted by Crippen LogP contribution is -2.30. The average molecular weight is 655 g/mol. The Hall–Kier alpha value is -3.56. The number of carbonyl (C=O) groups is 3. The van der Waals surface area contributed by atoms with Gasteiger partial charge in [-0.25, -0.2) is 0 Å². The lowest BCUT2D eigenvalue weighted by molar-refractivity contribution is -0.114. The minimum Gasteiger partial charge on any atom is -0.324 e. The van der Waals surface area contributed by atoms with Crippen LogP contribution in [0.1, 0.15) is 15.9 Å². The van der Waals surface area contributed by atoms with Gasteiger partial charge in [-0.15, -0.1) is 11.8 Å². The van der Waals surface area contributed by atoms with Crippen molar-refractivity contribution < 1.29 is 14.4 Å². The van der Waals surface area contributed by atoms with E-state index in [1.807, 2.05) is 30.3 Å². The third kappa shape index (κ3) is 8.47. The number of para-hydroxylation sites is 1. The predicted octanol–water partition coefficient (Wildman–Crippen LogP) is 7.90.